The van der Waals surface area contributed by atoms with Gasteiger partial charge in [0, 0.05) is 11.6 Å². The van der Waals surface area contributed by atoms with Crippen molar-refractivity contribution in [2.75, 3.05) is 0 Å². The number of hydrogen-bond donors (Lipinski definition) is 2. The molecular formula is C12H15NO4. The van der Waals surface area contributed by atoms with E-state index in [1.165, 1.54) is 6.26 Å². The Balaban J connectivity index is 1.93. The van der Waals surface area contributed by atoms with Crippen LogP contribution in [0.5, 0.6) is 0 Å². The maximum Gasteiger partial charge on any atom is 0.306 e. The van der Waals surface area contributed by atoms with E-state index in [9.17, 15) is 9.59 Å². The van der Waals surface area contributed by atoms with Crippen LogP contribution in [0.4, 0.5) is 0 Å². The van der Waals surface area contributed by atoms with E-state index in [4.69, 9.17) is 9.52 Å². The van der Waals surface area contributed by atoms with Crippen molar-refractivity contribution in [1.82, 2.24) is 5.32 Å². The van der Waals surface area contributed by atoms with Gasteiger partial charge in [0.05, 0.1) is 12.2 Å². The van der Waals surface area contributed by atoms with Gasteiger partial charge in [-0.25, -0.2) is 0 Å². The molecule has 1 saturated carbocycles. The van der Waals surface area contributed by atoms with Gasteiger partial charge in [-0.05, 0) is 32.3 Å². The van der Waals surface area contributed by atoms with E-state index in [-0.39, 0.29) is 17.9 Å². The minimum atomic E-state index is -0.782. The quantitative estimate of drug-likeness (QED) is 0.836. The number of aliphatic carboxylic acids is 1. The fourth-order valence-electron chi connectivity index (χ4n) is 2.19. The smallest absolute Gasteiger partial charge is 0.306 e. The van der Waals surface area contributed by atoms with E-state index in [0.29, 0.717) is 25.0 Å². The molecule has 92 valence electrons. The van der Waals surface area contributed by atoms with Gasteiger partial charge in [-0.1, -0.05) is 0 Å². The minimum absolute atomic E-state index is 0.0619. The summed E-state index contributed by atoms with van der Waals surface area (Å²) in [5.74, 6) is -1.07. The number of nitrogens with one attached hydrogen (secondary N) is 1. The lowest BCUT2D eigenvalue weighted by Gasteiger charge is -2.11. The highest BCUT2D eigenvalue weighted by atomic mass is 16.4. The fourth-order valence-corrected chi connectivity index (χ4v) is 2.19. The number of carboxylic acids is 1. The first kappa shape index (κ1) is 11.7. The molecule has 0 aromatic carbocycles. The maximum absolute atomic E-state index is 11.8. The van der Waals surface area contributed by atoms with Crippen molar-refractivity contribution >= 4 is 11.9 Å². The summed E-state index contributed by atoms with van der Waals surface area (Å²) in [5, 5.41) is 11.7. The topological polar surface area (TPSA) is 79.5 Å². The van der Waals surface area contributed by atoms with Crippen molar-refractivity contribution in [1.29, 1.82) is 0 Å². The molecule has 1 heterocycles. The van der Waals surface area contributed by atoms with Crippen molar-refractivity contribution in [3.63, 3.8) is 0 Å². The van der Waals surface area contributed by atoms with E-state index in [2.05, 4.69) is 5.32 Å². The SMILES string of the molecule is Cc1ccoc1C(=O)N[C@H]1CC[C@@H](C(=O)O)C1. The molecule has 2 rings (SSSR count). The van der Waals surface area contributed by atoms with E-state index < -0.39 is 5.97 Å². The lowest BCUT2D eigenvalue weighted by atomic mass is 10.1. The monoisotopic (exact) mass is 237 g/mol. The first-order valence-corrected chi connectivity index (χ1v) is 5.65. The zero-order valence-electron chi connectivity index (χ0n) is 9.60. The molecule has 5 nitrogen and oxygen atoms in total. The van der Waals surface area contributed by atoms with Gasteiger partial charge in [0.1, 0.15) is 0 Å². The molecular weight excluding hydrogens is 222 g/mol. The van der Waals surface area contributed by atoms with Gasteiger partial charge in [-0.2, -0.15) is 0 Å². The number of hydrogen-bond acceptors (Lipinski definition) is 3. The molecule has 2 atom stereocenters. The highest BCUT2D eigenvalue weighted by molar-refractivity contribution is 5.93. The predicted octanol–water partition coefficient (Wildman–Crippen LogP) is 1.57. The number of rotatable bonds is 3. The van der Waals surface area contributed by atoms with Crippen LogP contribution in [0, 0.1) is 12.8 Å². The third-order valence-electron chi connectivity index (χ3n) is 3.19. The largest absolute Gasteiger partial charge is 0.481 e. The minimum Gasteiger partial charge on any atom is -0.481 e. The van der Waals surface area contributed by atoms with Crippen LogP contribution in [0.3, 0.4) is 0 Å². The lowest BCUT2D eigenvalue weighted by Crippen LogP contribution is -2.33. The summed E-state index contributed by atoms with van der Waals surface area (Å²) in [6, 6.07) is 1.66. The number of aryl methyl sites for hydroxylation is 1. The summed E-state index contributed by atoms with van der Waals surface area (Å²) in [5.41, 5.74) is 0.787. The molecule has 0 saturated heterocycles. The Bertz CT molecular complexity index is 437. The Labute approximate surface area is 98.8 Å². The molecule has 1 fully saturated rings. The van der Waals surface area contributed by atoms with E-state index in [1.807, 2.05) is 0 Å². The second kappa shape index (κ2) is 4.61. The van der Waals surface area contributed by atoms with E-state index >= 15 is 0 Å². The Morgan fingerprint density at radius 3 is 2.76 bits per heavy atom. The summed E-state index contributed by atoms with van der Waals surface area (Å²) in [6.07, 6.45) is 3.31. The summed E-state index contributed by atoms with van der Waals surface area (Å²) in [6.45, 7) is 1.80. The number of carbonyl (C=O) groups excluding carboxylic acids is 1. The highest BCUT2D eigenvalue weighted by Crippen LogP contribution is 2.26. The molecule has 5 heteroatoms. The molecule has 2 N–H and O–H groups in total. The van der Waals surface area contributed by atoms with Crippen LogP contribution in [0.1, 0.15) is 35.4 Å². The van der Waals surface area contributed by atoms with Crippen LogP contribution in [0.15, 0.2) is 16.7 Å². The van der Waals surface area contributed by atoms with Crippen molar-refractivity contribution in [3.05, 3.63) is 23.7 Å². The molecule has 1 amide bonds. The first-order chi connectivity index (χ1) is 8.08. The van der Waals surface area contributed by atoms with Gasteiger partial charge in [0.15, 0.2) is 5.76 Å². The summed E-state index contributed by atoms with van der Waals surface area (Å²) in [7, 11) is 0. The van der Waals surface area contributed by atoms with Crippen molar-refractivity contribution in [2.24, 2.45) is 5.92 Å². The third-order valence-corrected chi connectivity index (χ3v) is 3.19. The molecule has 17 heavy (non-hydrogen) atoms. The van der Waals surface area contributed by atoms with Gasteiger partial charge in [0.2, 0.25) is 0 Å². The van der Waals surface area contributed by atoms with Crippen LogP contribution in [0.25, 0.3) is 0 Å². The molecule has 0 radical (unpaired) electrons. The van der Waals surface area contributed by atoms with Crippen LogP contribution in [-0.2, 0) is 4.79 Å². The summed E-state index contributed by atoms with van der Waals surface area (Å²) in [4.78, 5) is 22.6. The normalized spacial score (nSPS) is 23.6. The molecule has 1 aromatic rings. The number of amides is 1. The van der Waals surface area contributed by atoms with Crippen molar-refractivity contribution in [3.8, 4) is 0 Å². The predicted molar refractivity (Wildman–Crippen MR) is 59.7 cm³/mol. The average Bonchev–Trinajstić information content (AvgIpc) is 2.86. The van der Waals surface area contributed by atoms with Gasteiger partial charge < -0.3 is 14.8 Å². The maximum atomic E-state index is 11.8. The summed E-state index contributed by atoms with van der Waals surface area (Å²) < 4.78 is 5.08. The van der Waals surface area contributed by atoms with Crippen LogP contribution in [-0.4, -0.2) is 23.0 Å². The molecule has 0 bridgehead atoms. The first-order valence-electron chi connectivity index (χ1n) is 5.65. The fraction of sp³-hybridized carbons (Fsp3) is 0.500. The van der Waals surface area contributed by atoms with E-state index in [1.54, 1.807) is 13.0 Å². The Kier molecular flexibility index (Phi) is 3.17. The van der Waals surface area contributed by atoms with Crippen LogP contribution >= 0.6 is 0 Å². The molecule has 1 aliphatic carbocycles. The lowest BCUT2D eigenvalue weighted by molar-refractivity contribution is -0.141. The Morgan fingerprint density at radius 2 is 2.24 bits per heavy atom. The average molecular weight is 237 g/mol. The third kappa shape index (κ3) is 2.49. The number of carbonyl (C=O) groups is 2. The standard InChI is InChI=1S/C12H15NO4/c1-7-4-5-17-10(7)11(14)13-9-3-2-8(6-9)12(15)16/h4-5,8-9H,2-3,6H2,1H3,(H,13,14)(H,15,16)/t8-,9+/m1/s1. The van der Waals surface area contributed by atoms with Gasteiger partial charge in [0.25, 0.3) is 5.91 Å². The zero-order valence-corrected chi connectivity index (χ0v) is 9.60. The highest BCUT2D eigenvalue weighted by Gasteiger charge is 2.31. The number of carboxylic acid groups (broad SMARTS) is 1. The molecule has 0 aliphatic heterocycles. The van der Waals surface area contributed by atoms with Gasteiger partial charge in [-0.3, -0.25) is 9.59 Å². The Morgan fingerprint density at radius 1 is 1.47 bits per heavy atom. The molecule has 1 aromatic heterocycles. The number of furan rings is 1. The van der Waals surface area contributed by atoms with Crippen LogP contribution in [0.2, 0.25) is 0 Å². The van der Waals surface area contributed by atoms with Gasteiger partial charge >= 0.3 is 5.97 Å². The van der Waals surface area contributed by atoms with Gasteiger partial charge in [-0.15, -0.1) is 0 Å². The van der Waals surface area contributed by atoms with Crippen molar-refractivity contribution < 1.29 is 19.1 Å². The second-order valence-electron chi connectivity index (χ2n) is 4.45. The van der Waals surface area contributed by atoms with E-state index in [0.717, 1.165) is 5.56 Å². The molecule has 1 aliphatic rings. The summed E-state index contributed by atoms with van der Waals surface area (Å²) >= 11 is 0. The molecule has 0 unspecified atom stereocenters. The second-order valence-corrected chi connectivity index (χ2v) is 4.45. The van der Waals surface area contributed by atoms with Crippen molar-refractivity contribution in [2.45, 2.75) is 32.2 Å². The Hall–Kier alpha value is -1.78. The zero-order chi connectivity index (χ0) is 12.4. The van der Waals surface area contributed by atoms with Crippen LogP contribution < -0.4 is 5.32 Å². The molecule has 0 spiro atoms.